The zero-order valence-corrected chi connectivity index (χ0v) is 9.16. The third kappa shape index (κ3) is 1.48. The first-order chi connectivity index (χ1) is 7.34. The number of hydrogen-bond donors (Lipinski definition) is 1. The monoisotopic (exact) mass is 244 g/mol. The van der Waals surface area contributed by atoms with E-state index in [0.29, 0.717) is 11.0 Å². The Balaban J connectivity index is 2.74. The molecule has 0 spiro atoms. The van der Waals surface area contributed by atoms with Gasteiger partial charge in [0.1, 0.15) is 5.69 Å². The number of fused-ring (bicyclic) bond motifs is 1. The van der Waals surface area contributed by atoms with E-state index in [-0.39, 0.29) is 5.69 Å². The van der Waals surface area contributed by atoms with E-state index in [2.05, 4.69) is 5.16 Å². The largest absolute Gasteiger partial charge is 0.356 e. The van der Waals surface area contributed by atoms with Crippen molar-refractivity contribution in [1.29, 1.82) is 0 Å². The molecule has 0 saturated carbocycles. The van der Waals surface area contributed by atoms with Crippen LogP contribution in [0.2, 0.25) is 0 Å². The molecule has 0 bridgehead atoms. The minimum atomic E-state index is -4.41. The van der Waals surface area contributed by atoms with Crippen molar-refractivity contribution < 1.29 is 17.3 Å². The molecule has 1 aromatic heterocycles. The molecule has 7 heteroatoms. The number of benzene rings is 1. The fourth-order valence-corrected chi connectivity index (χ4v) is 1.76. The van der Waals surface area contributed by atoms with Crippen LogP contribution in [0.5, 0.6) is 0 Å². The van der Waals surface area contributed by atoms with E-state index in [9.17, 15) is 12.8 Å². The summed E-state index contributed by atoms with van der Waals surface area (Å²) in [5.41, 5.74) is -0.0179. The fourth-order valence-electron chi connectivity index (χ4n) is 1.34. The Hall–Kier alpha value is -1.47. The predicted octanol–water partition coefficient (Wildman–Crippen LogP) is 1.26. The van der Waals surface area contributed by atoms with Crippen LogP contribution in [0.25, 0.3) is 11.0 Å². The van der Waals surface area contributed by atoms with E-state index in [1.807, 2.05) is 0 Å². The highest BCUT2D eigenvalue weighted by molar-refractivity contribution is 7.89. The normalized spacial score (nSPS) is 16.2. The maximum Gasteiger partial charge on any atom is 0.266 e. The zero-order valence-electron chi connectivity index (χ0n) is 8.34. The third-order valence-electron chi connectivity index (χ3n) is 2.33. The van der Waals surface area contributed by atoms with E-state index < -0.39 is 15.0 Å². The van der Waals surface area contributed by atoms with Crippen LogP contribution < -0.4 is 5.14 Å². The molecule has 0 aliphatic rings. The minimum Gasteiger partial charge on any atom is -0.356 e. The number of nitrogens with zero attached hydrogens (tertiary/aromatic N) is 1. The second-order valence-corrected chi connectivity index (χ2v) is 5.35. The molecule has 0 aliphatic carbocycles. The van der Waals surface area contributed by atoms with Gasteiger partial charge >= 0.3 is 0 Å². The number of aromatic nitrogens is 1. The summed E-state index contributed by atoms with van der Waals surface area (Å²) in [6, 6.07) is 6.38. The van der Waals surface area contributed by atoms with Crippen molar-refractivity contribution in [3.05, 3.63) is 30.0 Å². The highest BCUT2D eigenvalue weighted by Crippen LogP contribution is 2.33. The zero-order chi connectivity index (χ0) is 12.0. The summed E-state index contributed by atoms with van der Waals surface area (Å²) in [6.07, 6.45) is 0. The molecule has 1 atom stereocenters. The average molecular weight is 244 g/mol. The molecule has 1 unspecified atom stereocenters. The Bertz CT molecular complexity index is 633. The maximum absolute atomic E-state index is 14.1. The number of hydrogen-bond acceptors (Lipinski definition) is 4. The highest BCUT2D eigenvalue weighted by Gasteiger charge is 2.43. The lowest BCUT2D eigenvalue weighted by Gasteiger charge is -2.14. The molecule has 0 amide bonds. The van der Waals surface area contributed by atoms with Crippen molar-refractivity contribution in [3.8, 4) is 0 Å². The molecule has 2 rings (SSSR count). The van der Waals surface area contributed by atoms with Crippen LogP contribution in [0.3, 0.4) is 0 Å². The van der Waals surface area contributed by atoms with Crippen LogP contribution in [0.1, 0.15) is 12.6 Å². The molecule has 86 valence electrons. The molecule has 0 aliphatic heterocycles. The summed E-state index contributed by atoms with van der Waals surface area (Å²) in [5.74, 6) is 0. The molecule has 0 radical (unpaired) electrons. The lowest BCUT2D eigenvalue weighted by molar-refractivity contribution is 0.279. The van der Waals surface area contributed by atoms with Gasteiger partial charge in [-0.25, -0.2) is 17.9 Å². The van der Waals surface area contributed by atoms with Crippen molar-refractivity contribution in [1.82, 2.24) is 5.16 Å². The van der Waals surface area contributed by atoms with Gasteiger partial charge in [-0.1, -0.05) is 17.3 Å². The van der Waals surface area contributed by atoms with Crippen molar-refractivity contribution in [2.24, 2.45) is 5.14 Å². The number of rotatable bonds is 2. The first-order valence-electron chi connectivity index (χ1n) is 4.40. The van der Waals surface area contributed by atoms with Gasteiger partial charge in [-0.2, -0.15) is 0 Å². The summed E-state index contributed by atoms with van der Waals surface area (Å²) in [6.45, 7) is 0.840. The van der Waals surface area contributed by atoms with Gasteiger partial charge in [0.25, 0.3) is 5.00 Å². The first-order valence-corrected chi connectivity index (χ1v) is 5.95. The maximum atomic E-state index is 14.1. The molecular weight excluding hydrogens is 235 g/mol. The molecule has 16 heavy (non-hydrogen) atoms. The molecular formula is C9H9FN2O3S. The number of primary sulfonamides is 1. The van der Waals surface area contributed by atoms with Crippen LogP contribution in [0.15, 0.2) is 28.8 Å². The molecule has 0 fully saturated rings. The number of para-hydroxylation sites is 1. The molecule has 2 aromatic rings. The van der Waals surface area contributed by atoms with Gasteiger partial charge in [0.2, 0.25) is 10.0 Å². The number of sulfonamides is 1. The summed E-state index contributed by atoms with van der Waals surface area (Å²) in [4.78, 5) is 0. The lowest BCUT2D eigenvalue weighted by atomic mass is 10.1. The van der Waals surface area contributed by atoms with Crippen LogP contribution in [-0.4, -0.2) is 13.6 Å². The molecule has 5 nitrogen and oxygen atoms in total. The van der Waals surface area contributed by atoms with E-state index in [4.69, 9.17) is 9.66 Å². The second kappa shape index (κ2) is 3.26. The van der Waals surface area contributed by atoms with E-state index in [0.717, 1.165) is 6.92 Å². The summed E-state index contributed by atoms with van der Waals surface area (Å²) < 4.78 is 41.1. The lowest BCUT2D eigenvalue weighted by Crippen LogP contribution is -2.34. The second-order valence-electron chi connectivity index (χ2n) is 3.49. The quantitative estimate of drug-likeness (QED) is 0.861. The molecule has 1 aromatic carbocycles. The van der Waals surface area contributed by atoms with Gasteiger partial charge in [0.15, 0.2) is 5.58 Å². The van der Waals surface area contributed by atoms with Gasteiger partial charge < -0.3 is 4.52 Å². The van der Waals surface area contributed by atoms with Crippen molar-refractivity contribution in [3.63, 3.8) is 0 Å². The Morgan fingerprint density at radius 1 is 1.44 bits per heavy atom. The van der Waals surface area contributed by atoms with Gasteiger partial charge in [0, 0.05) is 5.39 Å². The molecule has 2 N–H and O–H groups in total. The fraction of sp³-hybridized carbons (Fsp3) is 0.222. The van der Waals surface area contributed by atoms with Crippen LogP contribution in [-0.2, 0) is 15.0 Å². The van der Waals surface area contributed by atoms with Crippen LogP contribution in [0, 0.1) is 0 Å². The van der Waals surface area contributed by atoms with Crippen molar-refractivity contribution in [2.45, 2.75) is 11.9 Å². The van der Waals surface area contributed by atoms with Crippen molar-refractivity contribution in [2.75, 3.05) is 0 Å². The van der Waals surface area contributed by atoms with E-state index in [1.54, 1.807) is 18.2 Å². The Kier molecular flexibility index (Phi) is 2.25. The van der Waals surface area contributed by atoms with Gasteiger partial charge in [-0.05, 0) is 19.1 Å². The standard InChI is InChI=1S/C9H9FN2O3S/c1-9(10,16(11,13)14)8-6-4-2-3-5-7(6)15-12-8/h2-5H,1H3,(H2,11,13,14). The van der Waals surface area contributed by atoms with Gasteiger partial charge in [0.05, 0.1) is 0 Å². The number of halogens is 1. The molecule has 1 heterocycles. The Labute approximate surface area is 91.1 Å². The number of alkyl halides is 1. The van der Waals surface area contributed by atoms with E-state index >= 15 is 0 Å². The topological polar surface area (TPSA) is 86.2 Å². The Morgan fingerprint density at radius 3 is 2.69 bits per heavy atom. The smallest absolute Gasteiger partial charge is 0.266 e. The Morgan fingerprint density at radius 2 is 2.06 bits per heavy atom. The minimum absolute atomic E-state index is 0.293. The average Bonchev–Trinajstić information content (AvgIpc) is 2.59. The van der Waals surface area contributed by atoms with Crippen molar-refractivity contribution >= 4 is 21.0 Å². The SMILES string of the molecule is CC(F)(c1noc2ccccc12)S(N)(=O)=O. The van der Waals surface area contributed by atoms with Crippen LogP contribution in [0.4, 0.5) is 4.39 Å². The van der Waals surface area contributed by atoms with E-state index in [1.165, 1.54) is 6.07 Å². The highest BCUT2D eigenvalue weighted by atomic mass is 32.2. The summed E-state index contributed by atoms with van der Waals surface area (Å²) >= 11 is 0. The van der Waals surface area contributed by atoms with Gasteiger partial charge in [-0.15, -0.1) is 0 Å². The summed E-state index contributed by atoms with van der Waals surface area (Å²) in [7, 11) is -4.41. The third-order valence-corrected chi connectivity index (χ3v) is 3.60. The summed E-state index contributed by atoms with van der Waals surface area (Å²) in [5, 5.41) is 5.76. The first kappa shape index (κ1) is 11.0. The number of nitrogens with two attached hydrogens (primary N) is 1. The van der Waals surface area contributed by atoms with Crippen LogP contribution >= 0.6 is 0 Å². The van der Waals surface area contributed by atoms with Gasteiger partial charge in [-0.3, -0.25) is 0 Å². The predicted molar refractivity (Wildman–Crippen MR) is 55.6 cm³/mol. The molecule has 0 saturated heterocycles.